The number of carbonyl (C=O) groups excluding carboxylic acids is 1. The zero-order valence-electron chi connectivity index (χ0n) is 18.6. The predicted molar refractivity (Wildman–Crippen MR) is 120 cm³/mol. The number of likely N-dealkylation sites (tertiary alicyclic amines) is 2. The van der Waals surface area contributed by atoms with Gasteiger partial charge in [0.1, 0.15) is 6.33 Å². The maximum absolute atomic E-state index is 13.0. The van der Waals surface area contributed by atoms with Crippen LogP contribution in [0, 0.1) is 39.5 Å². The molecule has 3 heterocycles. The summed E-state index contributed by atoms with van der Waals surface area (Å²) in [4.78, 5) is 26.0. The van der Waals surface area contributed by atoms with Crippen LogP contribution in [0.3, 0.4) is 0 Å². The summed E-state index contributed by atoms with van der Waals surface area (Å²) in [5, 5.41) is 3.55. The minimum Gasteiger partial charge on any atom is -0.385 e. The van der Waals surface area contributed by atoms with Crippen LogP contribution < -0.4 is 5.32 Å². The van der Waals surface area contributed by atoms with E-state index in [1.165, 1.54) is 23.1 Å². The SMILES string of the molecule is Cc1ccc(NCCCN2CC3CN(C(=O)c4c(C)ncnc4C)CC3C2)cc1C. The lowest BCUT2D eigenvalue weighted by Crippen LogP contribution is -2.34. The molecule has 160 valence electrons. The molecule has 6 heteroatoms. The third-order valence-electron chi connectivity index (χ3n) is 6.78. The van der Waals surface area contributed by atoms with Gasteiger partial charge in [-0.3, -0.25) is 4.79 Å². The number of amides is 1. The summed E-state index contributed by atoms with van der Waals surface area (Å²) in [6.45, 7) is 14.1. The summed E-state index contributed by atoms with van der Waals surface area (Å²) in [7, 11) is 0. The molecule has 1 aromatic carbocycles. The van der Waals surface area contributed by atoms with Crippen molar-refractivity contribution in [1.29, 1.82) is 0 Å². The Balaban J connectivity index is 1.23. The Bertz CT molecular complexity index is 894. The van der Waals surface area contributed by atoms with E-state index < -0.39 is 0 Å². The second-order valence-electron chi connectivity index (χ2n) is 8.99. The predicted octanol–water partition coefficient (Wildman–Crippen LogP) is 3.22. The normalized spacial score (nSPS) is 21.1. The molecule has 2 saturated heterocycles. The zero-order chi connectivity index (χ0) is 21.3. The largest absolute Gasteiger partial charge is 0.385 e. The lowest BCUT2D eigenvalue weighted by molar-refractivity contribution is 0.0771. The highest BCUT2D eigenvalue weighted by molar-refractivity contribution is 5.96. The van der Waals surface area contributed by atoms with Crippen LogP contribution in [0.2, 0.25) is 0 Å². The van der Waals surface area contributed by atoms with Gasteiger partial charge in [-0.15, -0.1) is 0 Å². The molecule has 2 aliphatic heterocycles. The van der Waals surface area contributed by atoms with Crippen LogP contribution in [0.4, 0.5) is 5.69 Å². The van der Waals surface area contributed by atoms with Crippen LogP contribution in [0.25, 0.3) is 0 Å². The number of nitrogens with zero attached hydrogens (tertiary/aromatic N) is 4. The summed E-state index contributed by atoms with van der Waals surface area (Å²) >= 11 is 0. The third kappa shape index (κ3) is 4.33. The molecule has 2 atom stereocenters. The van der Waals surface area contributed by atoms with Crippen molar-refractivity contribution in [3.8, 4) is 0 Å². The highest BCUT2D eigenvalue weighted by atomic mass is 16.2. The van der Waals surface area contributed by atoms with Crippen LogP contribution in [-0.2, 0) is 0 Å². The molecule has 0 saturated carbocycles. The molecule has 0 aliphatic carbocycles. The van der Waals surface area contributed by atoms with Crippen molar-refractivity contribution in [2.45, 2.75) is 34.1 Å². The molecule has 0 bridgehead atoms. The van der Waals surface area contributed by atoms with E-state index in [-0.39, 0.29) is 5.91 Å². The van der Waals surface area contributed by atoms with Gasteiger partial charge in [0.05, 0.1) is 17.0 Å². The smallest absolute Gasteiger partial charge is 0.257 e. The maximum Gasteiger partial charge on any atom is 0.257 e. The number of anilines is 1. The number of benzene rings is 1. The first-order valence-electron chi connectivity index (χ1n) is 11.0. The van der Waals surface area contributed by atoms with Gasteiger partial charge in [0.15, 0.2) is 0 Å². The van der Waals surface area contributed by atoms with Crippen molar-refractivity contribution in [1.82, 2.24) is 19.8 Å². The Morgan fingerprint density at radius 1 is 1.00 bits per heavy atom. The Morgan fingerprint density at radius 2 is 1.67 bits per heavy atom. The first-order chi connectivity index (χ1) is 14.4. The average Bonchev–Trinajstić information content (AvgIpc) is 3.26. The molecular formula is C24H33N5O. The monoisotopic (exact) mass is 407 g/mol. The standard InChI is InChI=1S/C24H33N5O/c1-16-6-7-22(10-17(16)2)25-8-5-9-28-11-20-13-29(14-21(20)12-28)24(30)23-18(3)26-15-27-19(23)4/h6-7,10,15,20-21,25H,5,8-9,11-14H2,1-4H3. The van der Waals surface area contributed by atoms with Crippen molar-refractivity contribution in [3.63, 3.8) is 0 Å². The summed E-state index contributed by atoms with van der Waals surface area (Å²) in [6, 6.07) is 6.56. The molecule has 2 aliphatic rings. The third-order valence-corrected chi connectivity index (χ3v) is 6.78. The Morgan fingerprint density at radius 3 is 2.30 bits per heavy atom. The van der Waals surface area contributed by atoms with Crippen molar-refractivity contribution >= 4 is 11.6 Å². The van der Waals surface area contributed by atoms with Gasteiger partial charge in [0.25, 0.3) is 5.91 Å². The van der Waals surface area contributed by atoms with E-state index in [1.54, 1.807) is 0 Å². The van der Waals surface area contributed by atoms with E-state index in [0.717, 1.165) is 57.1 Å². The summed E-state index contributed by atoms with van der Waals surface area (Å²) in [5.74, 6) is 1.28. The zero-order valence-corrected chi connectivity index (χ0v) is 18.6. The second kappa shape index (κ2) is 8.72. The van der Waals surface area contributed by atoms with Gasteiger partial charge in [-0.1, -0.05) is 6.07 Å². The van der Waals surface area contributed by atoms with Gasteiger partial charge in [-0.05, 0) is 75.8 Å². The average molecular weight is 408 g/mol. The van der Waals surface area contributed by atoms with Crippen LogP contribution in [0.15, 0.2) is 24.5 Å². The lowest BCUT2D eigenvalue weighted by atomic mass is 10.0. The molecule has 1 amide bonds. The fourth-order valence-corrected chi connectivity index (χ4v) is 4.89. The second-order valence-corrected chi connectivity index (χ2v) is 8.99. The van der Waals surface area contributed by atoms with Crippen LogP contribution in [-0.4, -0.2) is 64.9 Å². The number of aryl methyl sites for hydroxylation is 4. The van der Waals surface area contributed by atoms with Crippen molar-refractivity contribution in [2.75, 3.05) is 44.6 Å². The molecule has 2 aromatic rings. The first-order valence-corrected chi connectivity index (χ1v) is 11.0. The van der Waals surface area contributed by atoms with Crippen LogP contribution in [0.1, 0.15) is 39.3 Å². The number of nitrogens with one attached hydrogen (secondary N) is 1. The molecule has 4 rings (SSSR count). The molecule has 0 spiro atoms. The Kier molecular flexibility index (Phi) is 6.04. The van der Waals surface area contributed by atoms with E-state index in [0.29, 0.717) is 17.4 Å². The highest BCUT2D eigenvalue weighted by Crippen LogP contribution is 2.32. The molecule has 2 fully saturated rings. The molecule has 6 nitrogen and oxygen atoms in total. The van der Waals surface area contributed by atoms with E-state index >= 15 is 0 Å². The van der Waals surface area contributed by atoms with Crippen molar-refractivity contribution in [2.24, 2.45) is 11.8 Å². The van der Waals surface area contributed by atoms with Crippen LogP contribution in [0.5, 0.6) is 0 Å². The Labute approximate surface area is 179 Å². The van der Waals surface area contributed by atoms with E-state index in [4.69, 9.17) is 0 Å². The quantitative estimate of drug-likeness (QED) is 0.745. The van der Waals surface area contributed by atoms with Gasteiger partial charge >= 0.3 is 0 Å². The molecular weight excluding hydrogens is 374 g/mol. The number of hydrogen-bond donors (Lipinski definition) is 1. The number of hydrogen-bond acceptors (Lipinski definition) is 5. The minimum atomic E-state index is 0.101. The maximum atomic E-state index is 13.0. The molecule has 0 radical (unpaired) electrons. The number of rotatable bonds is 6. The van der Waals surface area contributed by atoms with Gasteiger partial charge in [0, 0.05) is 38.4 Å². The van der Waals surface area contributed by atoms with Crippen LogP contribution >= 0.6 is 0 Å². The minimum absolute atomic E-state index is 0.101. The Hall–Kier alpha value is -2.47. The number of fused-ring (bicyclic) bond motifs is 1. The molecule has 2 unspecified atom stereocenters. The fraction of sp³-hybridized carbons (Fsp3) is 0.542. The first kappa shape index (κ1) is 20.8. The fourth-order valence-electron chi connectivity index (χ4n) is 4.89. The van der Waals surface area contributed by atoms with Gasteiger partial charge in [-0.2, -0.15) is 0 Å². The topological polar surface area (TPSA) is 61.4 Å². The summed E-state index contributed by atoms with van der Waals surface area (Å²) < 4.78 is 0. The van der Waals surface area contributed by atoms with Gasteiger partial charge < -0.3 is 15.1 Å². The van der Waals surface area contributed by atoms with E-state index in [9.17, 15) is 4.79 Å². The van der Waals surface area contributed by atoms with E-state index in [1.807, 2.05) is 18.7 Å². The van der Waals surface area contributed by atoms with Gasteiger partial charge in [0.2, 0.25) is 0 Å². The summed E-state index contributed by atoms with van der Waals surface area (Å²) in [5.41, 5.74) is 6.12. The summed E-state index contributed by atoms with van der Waals surface area (Å²) in [6.07, 6.45) is 2.67. The lowest BCUT2D eigenvalue weighted by Gasteiger charge is -2.22. The number of aromatic nitrogens is 2. The molecule has 30 heavy (non-hydrogen) atoms. The number of carbonyl (C=O) groups is 1. The highest BCUT2D eigenvalue weighted by Gasteiger charge is 2.41. The van der Waals surface area contributed by atoms with Crippen molar-refractivity contribution < 1.29 is 4.79 Å². The molecule has 1 aromatic heterocycles. The van der Waals surface area contributed by atoms with E-state index in [2.05, 4.69) is 52.2 Å². The van der Waals surface area contributed by atoms with Crippen molar-refractivity contribution in [3.05, 3.63) is 52.6 Å². The van der Waals surface area contributed by atoms with Gasteiger partial charge in [-0.25, -0.2) is 9.97 Å². The molecule has 1 N–H and O–H groups in total.